The number of aromatic nitrogens is 2. The standard InChI is InChI=1S/C13H15N3OS/c14-12(9-6-7-9)13-15-11(16-17-13)8-18-10-4-2-1-3-5-10/h1-5,9,12H,6-8,14H2. The first kappa shape index (κ1) is 11.7. The third-order valence-electron chi connectivity index (χ3n) is 3.01. The van der Waals surface area contributed by atoms with E-state index < -0.39 is 0 Å². The van der Waals surface area contributed by atoms with Crippen LogP contribution in [0.2, 0.25) is 0 Å². The Bertz CT molecular complexity index is 510. The molecule has 94 valence electrons. The van der Waals surface area contributed by atoms with Crippen molar-refractivity contribution in [2.75, 3.05) is 0 Å². The Labute approximate surface area is 110 Å². The molecule has 1 aliphatic carbocycles. The molecular weight excluding hydrogens is 246 g/mol. The Hall–Kier alpha value is -1.33. The van der Waals surface area contributed by atoms with Crippen LogP contribution in [0.5, 0.6) is 0 Å². The second-order valence-corrected chi connectivity index (χ2v) is 5.56. The summed E-state index contributed by atoms with van der Waals surface area (Å²) in [6.45, 7) is 0. The Morgan fingerprint density at radius 3 is 2.83 bits per heavy atom. The number of nitrogens with zero attached hydrogens (tertiary/aromatic N) is 2. The molecule has 1 aromatic carbocycles. The van der Waals surface area contributed by atoms with Crippen LogP contribution in [0.1, 0.15) is 30.6 Å². The minimum absolute atomic E-state index is 0.0759. The van der Waals surface area contributed by atoms with Gasteiger partial charge in [0.15, 0.2) is 5.82 Å². The van der Waals surface area contributed by atoms with Crippen LogP contribution in [0.25, 0.3) is 0 Å². The molecular formula is C13H15N3OS. The average molecular weight is 261 g/mol. The van der Waals surface area contributed by atoms with E-state index in [9.17, 15) is 0 Å². The van der Waals surface area contributed by atoms with Crippen molar-refractivity contribution in [1.29, 1.82) is 0 Å². The van der Waals surface area contributed by atoms with E-state index in [1.54, 1.807) is 11.8 Å². The normalized spacial score (nSPS) is 16.7. The largest absolute Gasteiger partial charge is 0.338 e. The van der Waals surface area contributed by atoms with E-state index in [1.165, 1.54) is 17.7 Å². The van der Waals surface area contributed by atoms with Gasteiger partial charge in [-0.2, -0.15) is 4.98 Å². The Balaban J connectivity index is 1.60. The smallest absolute Gasteiger partial charge is 0.243 e. The first-order valence-corrected chi connectivity index (χ1v) is 7.07. The second kappa shape index (κ2) is 5.12. The highest BCUT2D eigenvalue weighted by molar-refractivity contribution is 7.98. The Kier molecular flexibility index (Phi) is 3.34. The lowest BCUT2D eigenvalue weighted by atomic mass is 10.2. The molecule has 18 heavy (non-hydrogen) atoms. The molecule has 0 amide bonds. The summed E-state index contributed by atoms with van der Waals surface area (Å²) in [5, 5.41) is 3.98. The summed E-state index contributed by atoms with van der Waals surface area (Å²) < 4.78 is 5.22. The molecule has 0 aliphatic heterocycles. The molecule has 1 fully saturated rings. The highest BCUT2D eigenvalue weighted by Crippen LogP contribution is 2.38. The minimum Gasteiger partial charge on any atom is -0.338 e. The second-order valence-electron chi connectivity index (χ2n) is 4.51. The van der Waals surface area contributed by atoms with Crippen LogP contribution in [-0.2, 0) is 5.75 Å². The molecule has 1 unspecified atom stereocenters. The van der Waals surface area contributed by atoms with Crippen molar-refractivity contribution in [2.45, 2.75) is 29.5 Å². The minimum atomic E-state index is -0.0759. The average Bonchev–Trinajstić information content (AvgIpc) is 3.15. The fourth-order valence-electron chi connectivity index (χ4n) is 1.78. The van der Waals surface area contributed by atoms with E-state index in [0.29, 0.717) is 17.6 Å². The third kappa shape index (κ3) is 2.73. The predicted octanol–water partition coefficient (Wildman–Crippen LogP) is 2.77. The van der Waals surface area contributed by atoms with Gasteiger partial charge in [0, 0.05) is 4.90 Å². The topological polar surface area (TPSA) is 64.9 Å². The highest BCUT2D eigenvalue weighted by atomic mass is 32.2. The zero-order chi connectivity index (χ0) is 12.4. The summed E-state index contributed by atoms with van der Waals surface area (Å²) in [7, 11) is 0. The molecule has 0 bridgehead atoms. The zero-order valence-corrected chi connectivity index (χ0v) is 10.8. The summed E-state index contributed by atoms with van der Waals surface area (Å²) >= 11 is 1.70. The quantitative estimate of drug-likeness (QED) is 0.838. The maximum atomic E-state index is 6.02. The lowest BCUT2D eigenvalue weighted by Gasteiger charge is -2.01. The highest BCUT2D eigenvalue weighted by Gasteiger charge is 2.33. The van der Waals surface area contributed by atoms with Crippen molar-refractivity contribution in [1.82, 2.24) is 10.1 Å². The first-order chi connectivity index (χ1) is 8.83. The summed E-state index contributed by atoms with van der Waals surface area (Å²) in [5.41, 5.74) is 6.02. The molecule has 3 rings (SSSR count). The lowest BCUT2D eigenvalue weighted by Crippen LogP contribution is -2.12. The number of hydrogen-bond donors (Lipinski definition) is 1. The number of thioether (sulfide) groups is 1. The van der Waals surface area contributed by atoms with Gasteiger partial charge in [-0.15, -0.1) is 11.8 Å². The van der Waals surface area contributed by atoms with Gasteiger partial charge in [0.25, 0.3) is 0 Å². The number of nitrogens with two attached hydrogens (primary N) is 1. The van der Waals surface area contributed by atoms with Crippen molar-refractivity contribution in [2.24, 2.45) is 11.7 Å². The molecule has 1 saturated carbocycles. The number of benzene rings is 1. The molecule has 1 aromatic heterocycles. The fourth-order valence-corrected chi connectivity index (χ4v) is 2.55. The van der Waals surface area contributed by atoms with Crippen molar-refractivity contribution < 1.29 is 4.52 Å². The summed E-state index contributed by atoms with van der Waals surface area (Å²) in [6, 6.07) is 10.1. The van der Waals surface area contributed by atoms with E-state index in [4.69, 9.17) is 10.3 Å². The molecule has 1 aliphatic rings. The maximum Gasteiger partial charge on any atom is 0.243 e. The van der Waals surface area contributed by atoms with Crippen molar-refractivity contribution in [3.8, 4) is 0 Å². The van der Waals surface area contributed by atoms with Gasteiger partial charge < -0.3 is 10.3 Å². The van der Waals surface area contributed by atoms with Gasteiger partial charge in [0.05, 0.1) is 11.8 Å². The van der Waals surface area contributed by atoms with Gasteiger partial charge >= 0.3 is 0 Å². The first-order valence-electron chi connectivity index (χ1n) is 6.09. The van der Waals surface area contributed by atoms with Crippen molar-refractivity contribution in [3.63, 3.8) is 0 Å². The van der Waals surface area contributed by atoms with Gasteiger partial charge in [0.2, 0.25) is 5.89 Å². The van der Waals surface area contributed by atoms with Gasteiger partial charge in [-0.25, -0.2) is 0 Å². The molecule has 0 radical (unpaired) electrons. The van der Waals surface area contributed by atoms with E-state index in [0.717, 1.165) is 5.82 Å². The summed E-state index contributed by atoms with van der Waals surface area (Å²) in [6.07, 6.45) is 2.36. The van der Waals surface area contributed by atoms with E-state index >= 15 is 0 Å². The molecule has 4 nitrogen and oxygen atoms in total. The summed E-state index contributed by atoms with van der Waals surface area (Å²) in [5.74, 6) is 2.56. The van der Waals surface area contributed by atoms with Crippen LogP contribution < -0.4 is 5.73 Å². The maximum absolute atomic E-state index is 6.02. The van der Waals surface area contributed by atoms with E-state index in [1.807, 2.05) is 18.2 Å². The third-order valence-corrected chi connectivity index (χ3v) is 4.02. The monoisotopic (exact) mass is 261 g/mol. The van der Waals surface area contributed by atoms with Gasteiger partial charge in [0.1, 0.15) is 0 Å². The van der Waals surface area contributed by atoms with Gasteiger partial charge in [-0.1, -0.05) is 23.4 Å². The SMILES string of the molecule is NC(c1nc(CSc2ccccc2)no1)C1CC1. The predicted molar refractivity (Wildman–Crippen MR) is 70.0 cm³/mol. The molecule has 2 aromatic rings. The summed E-state index contributed by atoms with van der Waals surface area (Å²) in [4.78, 5) is 5.57. The van der Waals surface area contributed by atoms with Crippen LogP contribution in [0.3, 0.4) is 0 Å². The van der Waals surface area contributed by atoms with E-state index in [2.05, 4.69) is 22.3 Å². The zero-order valence-electron chi connectivity index (χ0n) is 9.95. The molecule has 1 heterocycles. The van der Waals surface area contributed by atoms with Crippen LogP contribution in [0.4, 0.5) is 0 Å². The van der Waals surface area contributed by atoms with Gasteiger partial charge in [-0.05, 0) is 30.9 Å². The molecule has 0 spiro atoms. The Morgan fingerprint density at radius 2 is 2.11 bits per heavy atom. The van der Waals surface area contributed by atoms with Crippen LogP contribution in [0, 0.1) is 5.92 Å². The van der Waals surface area contributed by atoms with Gasteiger partial charge in [-0.3, -0.25) is 0 Å². The molecule has 5 heteroatoms. The fraction of sp³-hybridized carbons (Fsp3) is 0.385. The van der Waals surface area contributed by atoms with Crippen molar-refractivity contribution in [3.05, 3.63) is 42.0 Å². The lowest BCUT2D eigenvalue weighted by molar-refractivity contribution is 0.341. The van der Waals surface area contributed by atoms with E-state index in [-0.39, 0.29) is 6.04 Å². The molecule has 1 atom stereocenters. The number of rotatable bonds is 5. The number of hydrogen-bond acceptors (Lipinski definition) is 5. The Morgan fingerprint density at radius 1 is 1.33 bits per heavy atom. The molecule has 2 N–H and O–H groups in total. The van der Waals surface area contributed by atoms with Crippen molar-refractivity contribution >= 4 is 11.8 Å². The van der Waals surface area contributed by atoms with Crippen LogP contribution in [0.15, 0.2) is 39.8 Å². The van der Waals surface area contributed by atoms with Crippen LogP contribution >= 0.6 is 11.8 Å². The van der Waals surface area contributed by atoms with Crippen LogP contribution in [-0.4, -0.2) is 10.1 Å². The molecule has 0 saturated heterocycles.